The lowest BCUT2D eigenvalue weighted by Gasteiger charge is -2.29. The van der Waals surface area contributed by atoms with E-state index >= 15 is 0 Å². The fourth-order valence-corrected chi connectivity index (χ4v) is 4.62. The average Bonchev–Trinajstić information content (AvgIpc) is 2.63. The van der Waals surface area contributed by atoms with Gasteiger partial charge >= 0.3 is 14.8 Å². The minimum Gasteiger partial charge on any atom is -0.462 e. The van der Waals surface area contributed by atoms with Gasteiger partial charge in [0.1, 0.15) is 0 Å². The summed E-state index contributed by atoms with van der Waals surface area (Å²) < 4.78 is 23.3. The molecule has 0 saturated carbocycles. The molecule has 6 heteroatoms. The van der Waals surface area contributed by atoms with Crippen molar-refractivity contribution in [2.24, 2.45) is 0 Å². The Bertz CT molecular complexity index is 430. The Balaban J connectivity index is 2.62. The Kier molecular flexibility index (Phi) is 10.6. The molecule has 0 aliphatic carbocycles. The summed E-state index contributed by atoms with van der Waals surface area (Å²) in [7, 11) is -2.80. The predicted molar refractivity (Wildman–Crippen MR) is 96.0 cm³/mol. The van der Waals surface area contributed by atoms with Crippen LogP contribution in [0.2, 0.25) is 6.04 Å². The summed E-state index contributed by atoms with van der Waals surface area (Å²) in [5, 5.41) is 0. The fraction of sp³-hybridized carbons (Fsp3) is 0.611. The molecule has 136 valence electrons. The van der Waals surface area contributed by atoms with Crippen LogP contribution in [0.3, 0.4) is 0 Å². The molecule has 0 atom stereocenters. The molecular formula is C18H30O5Si. The van der Waals surface area contributed by atoms with Crippen LogP contribution in [0, 0.1) is 0 Å². The summed E-state index contributed by atoms with van der Waals surface area (Å²) in [6.07, 6.45) is 2.68. The van der Waals surface area contributed by atoms with Gasteiger partial charge in [-0.1, -0.05) is 39.0 Å². The minimum absolute atomic E-state index is 0.233. The van der Waals surface area contributed by atoms with Gasteiger partial charge in [-0.15, -0.1) is 0 Å². The molecule has 0 amide bonds. The van der Waals surface area contributed by atoms with Crippen LogP contribution in [-0.2, 0) is 18.0 Å². The number of hydrogen-bond donors (Lipinski definition) is 0. The number of rotatable bonds is 13. The Morgan fingerprint density at radius 1 is 0.833 bits per heavy atom. The van der Waals surface area contributed by atoms with E-state index in [9.17, 15) is 4.79 Å². The quantitative estimate of drug-likeness (QED) is 0.395. The third-order valence-electron chi connectivity index (χ3n) is 3.23. The van der Waals surface area contributed by atoms with Crippen LogP contribution in [0.4, 0.5) is 0 Å². The second-order valence-electron chi connectivity index (χ2n) is 5.48. The number of ether oxygens (including phenoxy) is 1. The molecule has 0 aromatic heterocycles. The fourth-order valence-electron chi connectivity index (χ4n) is 2.04. The van der Waals surface area contributed by atoms with Gasteiger partial charge in [-0.2, -0.15) is 0 Å². The maximum Gasteiger partial charge on any atom is 0.504 e. The molecular weight excluding hydrogens is 324 g/mol. The lowest BCUT2D eigenvalue weighted by atomic mass is 10.2. The molecule has 1 aromatic carbocycles. The van der Waals surface area contributed by atoms with Crippen molar-refractivity contribution in [1.82, 2.24) is 0 Å². The van der Waals surface area contributed by atoms with Gasteiger partial charge in [-0.05, 0) is 31.4 Å². The summed E-state index contributed by atoms with van der Waals surface area (Å²) in [6, 6.07) is 9.45. The van der Waals surface area contributed by atoms with Gasteiger partial charge < -0.3 is 18.0 Å². The van der Waals surface area contributed by atoms with Crippen molar-refractivity contribution in [3.63, 3.8) is 0 Å². The first-order valence-corrected chi connectivity index (χ1v) is 10.7. The molecule has 0 fully saturated rings. The van der Waals surface area contributed by atoms with Crippen LogP contribution < -0.4 is 0 Å². The Hall–Kier alpha value is -1.21. The second-order valence-corrected chi connectivity index (χ2v) is 8.21. The van der Waals surface area contributed by atoms with Crippen LogP contribution in [0.1, 0.15) is 50.4 Å². The van der Waals surface area contributed by atoms with E-state index in [1.54, 1.807) is 12.1 Å². The van der Waals surface area contributed by atoms with E-state index in [1.807, 2.05) is 39.0 Å². The molecule has 0 N–H and O–H groups in total. The molecule has 24 heavy (non-hydrogen) atoms. The van der Waals surface area contributed by atoms with Gasteiger partial charge in [-0.3, -0.25) is 0 Å². The van der Waals surface area contributed by atoms with Crippen molar-refractivity contribution in [1.29, 1.82) is 0 Å². The highest BCUT2D eigenvalue weighted by atomic mass is 28.4. The third kappa shape index (κ3) is 7.57. The first-order chi connectivity index (χ1) is 11.7. The smallest absolute Gasteiger partial charge is 0.462 e. The van der Waals surface area contributed by atoms with Crippen LogP contribution in [0.15, 0.2) is 30.3 Å². The van der Waals surface area contributed by atoms with E-state index in [1.165, 1.54) is 0 Å². The third-order valence-corrected chi connectivity index (χ3v) is 5.98. The number of benzene rings is 1. The van der Waals surface area contributed by atoms with Crippen molar-refractivity contribution in [2.45, 2.75) is 46.1 Å². The number of carbonyl (C=O) groups excluding carboxylic acids is 1. The Morgan fingerprint density at radius 2 is 1.33 bits per heavy atom. The maximum absolute atomic E-state index is 12.0. The number of esters is 1. The highest BCUT2D eigenvalue weighted by Crippen LogP contribution is 2.18. The molecule has 0 saturated heterocycles. The largest absolute Gasteiger partial charge is 0.504 e. The van der Waals surface area contributed by atoms with Crippen LogP contribution in [-0.4, -0.2) is 41.2 Å². The first kappa shape index (κ1) is 20.8. The van der Waals surface area contributed by atoms with Gasteiger partial charge in [0.15, 0.2) is 0 Å². The summed E-state index contributed by atoms with van der Waals surface area (Å²) in [4.78, 5) is 12.0. The summed E-state index contributed by atoms with van der Waals surface area (Å²) in [5.41, 5.74) is 0.545. The monoisotopic (exact) mass is 354 g/mol. The standard InChI is InChI=1S/C18H30O5Si/c1-4-12-21-24(22-13-5-2,23-14-6-3)16-15-20-18(19)17-10-8-7-9-11-17/h7-11H,4-6,12-16H2,1-3H3. The molecule has 5 nitrogen and oxygen atoms in total. The topological polar surface area (TPSA) is 54.0 Å². The normalized spacial score (nSPS) is 11.5. The SMILES string of the molecule is CCCO[Si](CCOC(=O)c1ccccc1)(OCCC)OCCC. The van der Waals surface area contributed by atoms with Gasteiger partial charge in [-0.25, -0.2) is 4.79 Å². The van der Waals surface area contributed by atoms with Crippen LogP contribution in [0.5, 0.6) is 0 Å². The van der Waals surface area contributed by atoms with Crippen LogP contribution in [0.25, 0.3) is 0 Å². The Labute approximate surface area is 146 Å². The maximum atomic E-state index is 12.0. The van der Waals surface area contributed by atoms with Crippen molar-refractivity contribution >= 4 is 14.8 Å². The van der Waals surface area contributed by atoms with Crippen molar-refractivity contribution in [2.75, 3.05) is 26.4 Å². The molecule has 0 aliphatic rings. The summed E-state index contributed by atoms with van der Waals surface area (Å²) >= 11 is 0. The first-order valence-electron chi connectivity index (χ1n) is 8.81. The van der Waals surface area contributed by atoms with Crippen LogP contribution >= 0.6 is 0 Å². The van der Waals surface area contributed by atoms with Gasteiger partial charge in [0.2, 0.25) is 0 Å². The van der Waals surface area contributed by atoms with E-state index in [0.29, 0.717) is 31.4 Å². The van der Waals surface area contributed by atoms with E-state index in [-0.39, 0.29) is 12.6 Å². The van der Waals surface area contributed by atoms with Crippen molar-refractivity contribution < 1.29 is 22.8 Å². The molecule has 0 heterocycles. The molecule has 0 radical (unpaired) electrons. The highest BCUT2D eigenvalue weighted by molar-refractivity contribution is 6.60. The zero-order valence-electron chi connectivity index (χ0n) is 15.1. The Morgan fingerprint density at radius 3 is 1.79 bits per heavy atom. The number of hydrogen-bond acceptors (Lipinski definition) is 5. The minimum atomic E-state index is -2.80. The predicted octanol–water partition coefficient (Wildman–Crippen LogP) is 4.06. The number of carbonyl (C=O) groups is 1. The van der Waals surface area contributed by atoms with Crippen molar-refractivity contribution in [3.05, 3.63) is 35.9 Å². The van der Waals surface area contributed by atoms with E-state index in [4.69, 9.17) is 18.0 Å². The van der Waals surface area contributed by atoms with Gasteiger partial charge in [0.25, 0.3) is 0 Å². The molecule has 0 bridgehead atoms. The van der Waals surface area contributed by atoms with Crippen molar-refractivity contribution in [3.8, 4) is 0 Å². The zero-order valence-corrected chi connectivity index (χ0v) is 16.1. The molecule has 1 rings (SSSR count). The van der Waals surface area contributed by atoms with E-state index < -0.39 is 8.80 Å². The molecule has 0 aliphatic heterocycles. The molecule has 1 aromatic rings. The van der Waals surface area contributed by atoms with E-state index in [0.717, 1.165) is 19.3 Å². The average molecular weight is 355 g/mol. The van der Waals surface area contributed by atoms with Gasteiger partial charge in [0.05, 0.1) is 18.2 Å². The van der Waals surface area contributed by atoms with Gasteiger partial charge in [0, 0.05) is 19.8 Å². The molecule has 0 spiro atoms. The highest BCUT2D eigenvalue weighted by Gasteiger charge is 2.41. The lowest BCUT2D eigenvalue weighted by molar-refractivity contribution is 0.0397. The summed E-state index contributed by atoms with van der Waals surface area (Å²) in [6.45, 7) is 8.15. The summed E-state index contributed by atoms with van der Waals surface area (Å²) in [5.74, 6) is -0.333. The lowest BCUT2D eigenvalue weighted by Crippen LogP contribution is -2.47. The second kappa shape index (κ2) is 12.2. The zero-order chi connectivity index (χ0) is 17.7. The van der Waals surface area contributed by atoms with E-state index in [2.05, 4.69) is 0 Å². The molecule has 0 unspecified atom stereocenters.